The fourth-order valence-electron chi connectivity index (χ4n) is 2.45. The Kier molecular flexibility index (Phi) is 3.91. The van der Waals surface area contributed by atoms with E-state index in [9.17, 15) is 14.7 Å². The van der Waals surface area contributed by atoms with Crippen molar-refractivity contribution in [1.29, 1.82) is 0 Å². The molecule has 0 aliphatic carbocycles. The minimum Gasteiger partial charge on any atom is -0.386 e. The summed E-state index contributed by atoms with van der Waals surface area (Å²) in [6.07, 6.45) is -1.10. The zero-order chi connectivity index (χ0) is 15.9. The number of aliphatic hydroxyl groups excluding tert-OH is 1. The zero-order valence-corrected chi connectivity index (χ0v) is 12.8. The van der Waals surface area contributed by atoms with Crippen LogP contribution in [-0.2, 0) is 0 Å². The maximum atomic E-state index is 12.3. The van der Waals surface area contributed by atoms with Crippen LogP contribution < -0.4 is 0 Å². The molecule has 3 rings (SSSR count). The van der Waals surface area contributed by atoms with E-state index in [-0.39, 0.29) is 6.54 Å². The monoisotopic (exact) mass is 335 g/mol. The minimum atomic E-state index is -1.10. The lowest BCUT2D eigenvalue weighted by Gasteiger charge is -2.19. The van der Waals surface area contributed by atoms with E-state index >= 15 is 0 Å². The van der Waals surface area contributed by atoms with Crippen LogP contribution in [-0.4, -0.2) is 28.4 Å². The molecule has 1 atom stereocenters. The van der Waals surface area contributed by atoms with Crippen molar-refractivity contribution in [3.8, 4) is 0 Å². The van der Waals surface area contributed by atoms with Crippen LogP contribution in [0, 0.1) is 0 Å². The van der Waals surface area contributed by atoms with Crippen LogP contribution in [0.25, 0.3) is 0 Å². The van der Waals surface area contributed by atoms with Crippen LogP contribution in [0.2, 0.25) is 10.0 Å². The molecule has 0 aromatic heterocycles. The molecule has 1 aliphatic rings. The quantitative estimate of drug-likeness (QED) is 0.875. The van der Waals surface area contributed by atoms with Crippen LogP contribution >= 0.6 is 23.2 Å². The van der Waals surface area contributed by atoms with Gasteiger partial charge in [-0.3, -0.25) is 14.5 Å². The van der Waals surface area contributed by atoms with Crippen LogP contribution in [0.1, 0.15) is 32.4 Å². The first-order valence-electron chi connectivity index (χ1n) is 6.57. The normalized spacial score (nSPS) is 15.1. The van der Waals surface area contributed by atoms with Crippen molar-refractivity contribution in [2.45, 2.75) is 6.10 Å². The Labute approximate surface area is 136 Å². The lowest BCUT2D eigenvalue weighted by molar-refractivity contribution is 0.0543. The number of amides is 2. The average Bonchev–Trinajstić information content (AvgIpc) is 2.75. The number of aliphatic hydroxyl groups is 1. The van der Waals surface area contributed by atoms with E-state index in [1.165, 1.54) is 6.07 Å². The lowest BCUT2D eigenvalue weighted by Crippen LogP contribution is -2.33. The minimum absolute atomic E-state index is 0.174. The molecule has 112 valence electrons. The number of β-amino-alcohol motifs (C(OH)–C–C–N with tert-alkyl or cyclic N) is 1. The molecule has 22 heavy (non-hydrogen) atoms. The number of fused-ring (bicyclic) bond motifs is 1. The summed E-state index contributed by atoms with van der Waals surface area (Å²) in [5.74, 6) is -0.837. The molecule has 2 aromatic rings. The van der Waals surface area contributed by atoms with E-state index < -0.39 is 17.9 Å². The first kappa shape index (κ1) is 15.0. The number of carbonyl (C=O) groups excluding carboxylic acids is 2. The Morgan fingerprint density at radius 2 is 1.59 bits per heavy atom. The summed E-state index contributed by atoms with van der Waals surface area (Å²) in [4.78, 5) is 25.5. The molecular weight excluding hydrogens is 325 g/mol. The molecule has 0 fully saturated rings. The van der Waals surface area contributed by atoms with Crippen LogP contribution in [0.3, 0.4) is 0 Å². The summed E-state index contributed by atoms with van der Waals surface area (Å²) in [6, 6.07) is 11.2. The van der Waals surface area contributed by atoms with Gasteiger partial charge in [-0.2, -0.15) is 0 Å². The molecule has 2 amide bonds. The highest BCUT2D eigenvalue weighted by atomic mass is 35.5. The predicted octanol–water partition coefficient (Wildman–Crippen LogP) is 3.32. The fourth-order valence-corrected chi connectivity index (χ4v) is 2.87. The molecular formula is C16H11Cl2NO3. The van der Waals surface area contributed by atoms with E-state index in [0.29, 0.717) is 26.7 Å². The number of nitrogens with zero attached hydrogens (tertiary/aromatic N) is 1. The van der Waals surface area contributed by atoms with Gasteiger partial charge in [0.15, 0.2) is 0 Å². The third-order valence-corrected chi connectivity index (χ3v) is 4.13. The zero-order valence-electron chi connectivity index (χ0n) is 11.3. The van der Waals surface area contributed by atoms with Crippen molar-refractivity contribution in [2.75, 3.05) is 6.54 Å². The summed E-state index contributed by atoms with van der Waals surface area (Å²) in [5.41, 5.74) is 1.07. The number of benzene rings is 2. The Hall–Kier alpha value is -1.88. The number of rotatable bonds is 3. The van der Waals surface area contributed by atoms with Crippen molar-refractivity contribution in [1.82, 2.24) is 4.90 Å². The SMILES string of the molecule is O=C1c2ccccc2C(=O)N1CC(O)c1cc(Cl)ccc1Cl. The van der Waals surface area contributed by atoms with Crippen molar-refractivity contribution in [3.05, 3.63) is 69.2 Å². The Balaban J connectivity index is 1.87. The molecule has 1 N–H and O–H groups in total. The van der Waals surface area contributed by atoms with Gasteiger partial charge in [0.1, 0.15) is 0 Å². The van der Waals surface area contributed by atoms with Crippen molar-refractivity contribution in [3.63, 3.8) is 0 Å². The van der Waals surface area contributed by atoms with E-state index in [4.69, 9.17) is 23.2 Å². The maximum absolute atomic E-state index is 12.3. The molecule has 0 radical (unpaired) electrons. The molecule has 1 unspecified atom stereocenters. The maximum Gasteiger partial charge on any atom is 0.261 e. The van der Waals surface area contributed by atoms with Crippen molar-refractivity contribution in [2.24, 2.45) is 0 Å². The molecule has 6 heteroatoms. The van der Waals surface area contributed by atoms with Gasteiger partial charge >= 0.3 is 0 Å². The smallest absolute Gasteiger partial charge is 0.261 e. The number of hydrogen-bond donors (Lipinski definition) is 1. The van der Waals surface area contributed by atoms with Gasteiger partial charge in [0.25, 0.3) is 11.8 Å². The molecule has 1 aliphatic heterocycles. The summed E-state index contributed by atoms with van der Waals surface area (Å²) < 4.78 is 0. The molecule has 0 bridgehead atoms. The first-order chi connectivity index (χ1) is 10.5. The van der Waals surface area contributed by atoms with Gasteiger partial charge in [-0.25, -0.2) is 0 Å². The number of carbonyl (C=O) groups is 2. The summed E-state index contributed by atoms with van der Waals surface area (Å²) in [5, 5.41) is 11.1. The Morgan fingerprint density at radius 3 is 2.18 bits per heavy atom. The third-order valence-electron chi connectivity index (χ3n) is 3.55. The fraction of sp³-hybridized carbons (Fsp3) is 0.125. The average molecular weight is 336 g/mol. The third kappa shape index (κ3) is 2.50. The second-order valence-corrected chi connectivity index (χ2v) is 5.79. The van der Waals surface area contributed by atoms with E-state index in [0.717, 1.165) is 4.90 Å². The number of hydrogen-bond acceptors (Lipinski definition) is 3. The Morgan fingerprint density at radius 1 is 1.00 bits per heavy atom. The van der Waals surface area contributed by atoms with Gasteiger partial charge in [-0.1, -0.05) is 35.3 Å². The first-order valence-corrected chi connectivity index (χ1v) is 7.33. The van der Waals surface area contributed by atoms with Gasteiger partial charge in [0, 0.05) is 15.6 Å². The van der Waals surface area contributed by atoms with Gasteiger partial charge in [-0.15, -0.1) is 0 Å². The van der Waals surface area contributed by atoms with Crippen LogP contribution in [0.5, 0.6) is 0 Å². The standard InChI is InChI=1S/C16H11Cl2NO3/c17-9-5-6-13(18)12(7-9)14(20)8-19-15(21)10-3-1-2-4-11(10)16(19)22/h1-7,14,20H,8H2. The topological polar surface area (TPSA) is 57.6 Å². The van der Waals surface area contributed by atoms with E-state index in [2.05, 4.69) is 0 Å². The highest BCUT2D eigenvalue weighted by Gasteiger charge is 2.36. The van der Waals surface area contributed by atoms with Gasteiger partial charge in [0.05, 0.1) is 23.8 Å². The molecule has 4 nitrogen and oxygen atoms in total. The van der Waals surface area contributed by atoms with Crippen molar-refractivity contribution < 1.29 is 14.7 Å². The van der Waals surface area contributed by atoms with Gasteiger partial charge in [0.2, 0.25) is 0 Å². The van der Waals surface area contributed by atoms with Crippen molar-refractivity contribution >= 4 is 35.0 Å². The second-order valence-electron chi connectivity index (χ2n) is 4.95. The number of imide groups is 1. The lowest BCUT2D eigenvalue weighted by atomic mass is 10.1. The summed E-state index contributed by atoms with van der Waals surface area (Å²) in [6.45, 7) is -0.174. The molecule has 2 aromatic carbocycles. The molecule has 0 saturated carbocycles. The molecule has 0 saturated heterocycles. The highest BCUT2D eigenvalue weighted by Crippen LogP contribution is 2.29. The van der Waals surface area contributed by atoms with Gasteiger partial charge in [-0.05, 0) is 30.3 Å². The second kappa shape index (κ2) is 5.72. The molecule has 1 heterocycles. The summed E-state index contributed by atoms with van der Waals surface area (Å²) in [7, 11) is 0. The molecule has 0 spiro atoms. The largest absolute Gasteiger partial charge is 0.386 e. The predicted molar refractivity (Wildman–Crippen MR) is 83.2 cm³/mol. The van der Waals surface area contributed by atoms with Crippen LogP contribution in [0.4, 0.5) is 0 Å². The summed E-state index contributed by atoms with van der Waals surface area (Å²) >= 11 is 11.9. The van der Waals surface area contributed by atoms with Gasteiger partial charge < -0.3 is 5.11 Å². The number of halogens is 2. The highest BCUT2D eigenvalue weighted by molar-refractivity contribution is 6.33. The Bertz CT molecular complexity index is 741. The van der Waals surface area contributed by atoms with E-state index in [1.807, 2.05) is 0 Å². The van der Waals surface area contributed by atoms with Crippen LogP contribution in [0.15, 0.2) is 42.5 Å². The van der Waals surface area contributed by atoms with E-state index in [1.54, 1.807) is 36.4 Å².